The molecule has 29 heavy (non-hydrogen) atoms. The number of anilines is 2. The second-order valence-electron chi connectivity index (χ2n) is 6.81. The molecule has 0 saturated carbocycles. The molecule has 0 saturated heterocycles. The zero-order valence-corrected chi connectivity index (χ0v) is 16.3. The molecule has 0 aliphatic carbocycles. The maximum absolute atomic E-state index is 12.5. The Morgan fingerprint density at radius 3 is 2.72 bits per heavy atom. The zero-order chi connectivity index (χ0) is 20.1. The van der Waals surface area contributed by atoms with E-state index >= 15 is 0 Å². The van der Waals surface area contributed by atoms with Gasteiger partial charge in [-0.25, -0.2) is 4.98 Å². The smallest absolute Gasteiger partial charge is 0.248 e. The number of nitrogens with one attached hydrogen (secondary N) is 1. The van der Waals surface area contributed by atoms with Gasteiger partial charge in [-0.05, 0) is 60.0 Å². The van der Waals surface area contributed by atoms with Gasteiger partial charge in [0.15, 0.2) is 0 Å². The van der Waals surface area contributed by atoms with E-state index in [1.165, 1.54) is 5.56 Å². The van der Waals surface area contributed by atoms with Gasteiger partial charge in [-0.3, -0.25) is 4.79 Å². The molecular weight excluding hydrogens is 362 g/mol. The average molecular weight is 385 g/mol. The standard InChI is InChI=1S/C24H23N3O2/c1-2-29-20-12-9-18(10-13-20)11-14-24(28)26-22-7-5-6-19-16-27(17-21(19)22)23-8-3-4-15-25-23/h3-15H,2,16-17H2,1H3,(H,26,28). The summed E-state index contributed by atoms with van der Waals surface area (Å²) < 4.78 is 5.44. The molecule has 0 spiro atoms. The Kier molecular flexibility index (Phi) is 5.56. The zero-order valence-electron chi connectivity index (χ0n) is 16.3. The SMILES string of the molecule is CCOc1ccc(C=CC(=O)Nc2cccc3c2CN(c2ccccn2)C3)cc1. The van der Waals surface area contributed by atoms with Gasteiger partial charge in [0.2, 0.25) is 5.91 Å². The topological polar surface area (TPSA) is 54.5 Å². The minimum Gasteiger partial charge on any atom is -0.494 e. The number of hydrogen-bond acceptors (Lipinski definition) is 4. The van der Waals surface area contributed by atoms with Gasteiger partial charge in [-0.1, -0.05) is 30.3 Å². The summed E-state index contributed by atoms with van der Waals surface area (Å²) in [5.41, 5.74) is 4.15. The van der Waals surface area contributed by atoms with Crippen LogP contribution < -0.4 is 15.0 Å². The van der Waals surface area contributed by atoms with Gasteiger partial charge in [0, 0.05) is 31.0 Å². The van der Waals surface area contributed by atoms with Gasteiger partial charge in [-0.15, -0.1) is 0 Å². The van der Waals surface area contributed by atoms with Crippen molar-refractivity contribution in [1.29, 1.82) is 0 Å². The first kappa shape index (κ1) is 18.7. The van der Waals surface area contributed by atoms with Crippen LogP contribution in [0.15, 0.2) is 72.9 Å². The maximum atomic E-state index is 12.5. The summed E-state index contributed by atoms with van der Waals surface area (Å²) in [6.07, 6.45) is 5.15. The van der Waals surface area contributed by atoms with Gasteiger partial charge in [-0.2, -0.15) is 0 Å². The van der Waals surface area contributed by atoms with Crippen LogP contribution in [0.1, 0.15) is 23.6 Å². The van der Waals surface area contributed by atoms with Crippen LogP contribution in [0.3, 0.4) is 0 Å². The Balaban J connectivity index is 1.43. The molecule has 1 aromatic heterocycles. The second-order valence-corrected chi connectivity index (χ2v) is 6.81. The predicted octanol–water partition coefficient (Wildman–Crippen LogP) is 4.65. The van der Waals surface area contributed by atoms with E-state index in [-0.39, 0.29) is 5.91 Å². The van der Waals surface area contributed by atoms with E-state index in [1.807, 2.05) is 61.5 Å². The Labute approximate surface area is 170 Å². The molecule has 0 atom stereocenters. The fourth-order valence-corrected chi connectivity index (χ4v) is 3.43. The van der Waals surface area contributed by atoms with Crippen LogP contribution in [0.25, 0.3) is 6.08 Å². The summed E-state index contributed by atoms with van der Waals surface area (Å²) in [6.45, 7) is 4.11. The minimum absolute atomic E-state index is 0.149. The van der Waals surface area contributed by atoms with E-state index in [0.29, 0.717) is 6.61 Å². The van der Waals surface area contributed by atoms with Gasteiger partial charge in [0.1, 0.15) is 11.6 Å². The molecule has 1 amide bonds. The molecule has 5 heteroatoms. The highest BCUT2D eigenvalue weighted by Crippen LogP contribution is 2.31. The average Bonchev–Trinajstić information content (AvgIpc) is 3.20. The highest BCUT2D eigenvalue weighted by molar-refractivity contribution is 6.02. The molecule has 2 heterocycles. The van der Waals surface area contributed by atoms with E-state index < -0.39 is 0 Å². The van der Waals surface area contributed by atoms with Crippen LogP contribution in [0.5, 0.6) is 5.75 Å². The molecule has 0 radical (unpaired) electrons. The lowest BCUT2D eigenvalue weighted by atomic mass is 10.1. The number of ether oxygens (including phenoxy) is 1. The third-order valence-electron chi connectivity index (χ3n) is 4.83. The fourth-order valence-electron chi connectivity index (χ4n) is 3.43. The van der Waals surface area contributed by atoms with Crippen LogP contribution in [0, 0.1) is 0 Å². The highest BCUT2D eigenvalue weighted by Gasteiger charge is 2.22. The molecule has 5 nitrogen and oxygen atoms in total. The molecule has 3 aromatic rings. The normalized spacial score (nSPS) is 12.8. The molecular formula is C24H23N3O2. The molecule has 146 valence electrons. The molecule has 4 rings (SSSR count). The number of carbonyl (C=O) groups excluding carboxylic acids is 1. The number of benzene rings is 2. The Hall–Kier alpha value is -3.60. The van der Waals surface area contributed by atoms with Crippen LogP contribution in [0.2, 0.25) is 0 Å². The lowest BCUT2D eigenvalue weighted by Crippen LogP contribution is -2.16. The number of nitrogens with zero attached hydrogens (tertiary/aromatic N) is 2. The Morgan fingerprint density at radius 1 is 1.10 bits per heavy atom. The van der Waals surface area contributed by atoms with Crippen molar-refractivity contribution in [3.05, 3.63) is 89.6 Å². The monoisotopic (exact) mass is 385 g/mol. The van der Waals surface area contributed by atoms with E-state index in [1.54, 1.807) is 18.3 Å². The van der Waals surface area contributed by atoms with E-state index in [9.17, 15) is 4.79 Å². The van der Waals surface area contributed by atoms with Crippen molar-refractivity contribution in [2.75, 3.05) is 16.8 Å². The third kappa shape index (κ3) is 4.46. The molecule has 0 fully saturated rings. The first-order chi connectivity index (χ1) is 14.2. The summed E-state index contributed by atoms with van der Waals surface area (Å²) in [5.74, 6) is 1.62. The van der Waals surface area contributed by atoms with Crippen molar-refractivity contribution >= 4 is 23.5 Å². The summed E-state index contributed by atoms with van der Waals surface area (Å²) in [4.78, 5) is 19.1. The lowest BCUT2D eigenvalue weighted by Gasteiger charge is -2.16. The molecule has 0 unspecified atom stereocenters. The number of hydrogen-bond donors (Lipinski definition) is 1. The van der Waals surface area contributed by atoms with Gasteiger partial charge >= 0.3 is 0 Å². The number of aromatic nitrogens is 1. The van der Waals surface area contributed by atoms with Crippen LogP contribution in [-0.2, 0) is 17.9 Å². The predicted molar refractivity (Wildman–Crippen MR) is 116 cm³/mol. The quantitative estimate of drug-likeness (QED) is 0.628. The summed E-state index contributed by atoms with van der Waals surface area (Å²) in [7, 11) is 0. The molecule has 0 bridgehead atoms. The van der Waals surface area contributed by atoms with E-state index in [4.69, 9.17) is 4.74 Å². The summed E-state index contributed by atoms with van der Waals surface area (Å²) >= 11 is 0. The Bertz CT molecular complexity index is 1010. The first-order valence-corrected chi connectivity index (χ1v) is 9.71. The van der Waals surface area contributed by atoms with Crippen molar-refractivity contribution in [2.24, 2.45) is 0 Å². The van der Waals surface area contributed by atoms with Crippen molar-refractivity contribution < 1.29 is 9.53 Å². The van der Waals surface area contributed by atoms with Crippen molar-refractivity contribution in [1.82, 2.24) is 4.98 Å². The number of amides is 1. The molecule has 2 aromatic carbocycles. The third-order valence-corrected chi connectivity index (χ3v) is 4.83. The fraction of sp³-hybridized carbons (Fsp3) is 0.167. The van der Waals surface area contributed by atoms with Crippen LogP contribution in [0.4, 0.5) is 11.5 Å². The largest absolute Gasteiger partial charge is 0.494 e. The van der Waals surface area contributed by atoms with Crippen molar-refractivity contribution in [3.63, 3.8) is 0 Å². The second kappa shape index (κ2) is 8.61. The number of carbonyl (C=O) groups is 1. The van der Waals surface area contributed by atoms with Crippen LogP contribution >= 0.6 is 0 Å². The van der Waals surface area contributed by atoms with Gasteiger partial charge in [0.25, 0.3) is 0 Å². The first-order valence-electron chi connectivity index (χ1n) is 9.71. The van der Waals surface area contributed by atoms with Crippen molar-refractivity contribution in [2.45, 2.75) is 20.0 Å². The highest BCUT2D eigenvalue weighted by atomic mass is 16.5. The molecule has 1 aliphatic heterocycles. The minimum atomic E-state index is -0.149. The van der Waals surface area contributed by atoms with Gasteiger partial charge < -0.3 is 15.0 Å². The maximum Gasteiger partial charge on any atom is 0.248 e. The summed E-state index contributed by atoms with van der Waals surface area (Å²) in [6, 6.07) is 19.6. The Morgan fingerprint density at radius 2 is 1.97 bits per heavy atom. The van der Waals surface area contributed by atoms with E-state index in [0.717, 1.165) is 41.5 Å². The van der Waals surface area contributed by atoms with E-state index in [2.05, 4.69) is 21.3 Å². The summed E-state index contributed by atoms with van der Waals surface area (Å²) in [5, 5.41) is 3.02. The molecule has 1 aliphatic rings. The van der Waals surface area contributed by atoms with Gasteiger partial charge in [0.05, 0.1) is 6.61 Å². The number of fused-ring (bicyclic) bond motifs is 1. The lowest BCUT2D eigenvalue weighted by molar-refractivity contribution is -0.111. The number of pyridine rings is 1. The molecule has 1 N–H and O–H groups in total. The van der Waals surface area contributed by atoms with Crippen LogP contribution in [-0.4, -0.2) is 17.5 Å². The number of rotatable bonds is 6. The van der Waals surface area contributed by atoms with Crippen molar-refractivity contribution in [3.8, 4) is 5.75 Å².